The van der Waals surface area contributed by atoms with Crippen LogP contribution in [-0.4, -0.2) is 54.3 Å². The second-order valence-electron chi connectivity index (χ2n) is 9.27. The van der Waals surface area contributed by atoms with E-state index in [9.17, 15) is 5.11 Å². The number of ether oxygens (including phenoxy) is 3. The summed E-state index contributed by atoms with van der Waals surface area (Å²) < 4.78 is 19.4. The molecule has 3 aromatic carbocycles. The van der Waals surface area contributed by atoms with Crippen LogP contribution >= 0.6 is 0 Å². The highest BCUT2D eigenvalue weighted by Crippen LogP contribution is 2.39. The first-order valence-corrected chi connectivity index (χ1v) is 12.2. The van der Waals surface area contributed by atoms with E-state index in [1.165, 1.54) is 0 Å². The van der Waals surface area contributed by atoms with Crippen molar-refractivity contribution >= 4 is 0 Å². The average molecular weight is 476 g/mol. The standard InChI is InChI=1S/C29H33NO5/c1-30-25-24(20-35-30)26(31)28(33-18-22-13-7-3-8-14-22)29(34-19-23-15-9-4-10-16-23)27(25)32-17-21-11-5-2-6-12-21/h2-16,24-29,31H,17-20H2,1H3/t24-,25+,26-,27-,28-,29-/m1/s1. The van der Waals surface area contributed by atoms with Crippen LogP contribution < -0.4 is 0 Å². The van der Waals surface area contributed by atoms with Crippen molar-refractivity contribution in [2.24, 2.45) is 5.92 Å². The predicted octanol–water partition coefficient (Wildman–Crippen LogP) is 3.98. The molecular formula is C29H33NO5. The Kier molecular flexibility index (Phi) is 7.88. The van der Waals surface area contributed by atoms with E-state index in [0.717, 1.165) is 16.7 Å². The molecule has 2 aliphatic rings. The zero-order valence-electron chi connectivity index (χ0n) is 20.0. The zero-order valence-corrected chi connectivity index (χ0v) is 20.0. The van der Waals surface area contributed by atoms with Gasteiger partial charge in [-0.05, 0) is 16.7 Å². The van der Waals surface area contributed by atoms with Crippen LogP contribution in [0.3, 0.4) is 0 Å². The molecule has 1 saturated carbocycles. The lowest BCUT2D eigenvalue weighted by Gasteiger charge is -2.47. The second-order valence-corrected chi connectivity index (χ2v) is 9.27. The molecule has 1 aliphatic carbocycles. The molecule has 0 aromatic heterocycles. The van der Waals surface area contributed by atoms with Gasteiger partial charge in [0.1, 0.15) is 18.3 Å². The fourth-order valence-corrected chi connectivity index (χ4v) is 5.10. The van der Waals surface area contributed by atoms with Gasteiger partial charge in [-0.2, -0.15) is 5.06 Å². The number of fused-ring (bicyclic) bond motifs is 1. The van der Waals surface area contributed by atoms with Crippen molar-refractivity contribution in [2.45, 2.75) is 50.3 Å². The maximum absolute atomic E-state index is 11.4. The molecule has 0 radical (unpaired) electrons. The minimum absolute atomic E-state index is 0.141. The number of nitrogens with zero attached hydrogens (tertiary/aromatic N) is 1. The van der Waals surface area contributed by atoms with Crippen molar-refractivity contribution in [3.63, 3.8) is 0 Å². The van der Waals surface area contributed by atoms with Crippen LogP contribution in [0.2, 0.25) is 0 Å². The average Bonchev–Trinajstić information content (AvgIpc) is 3.30. The number of hydroxylamine groups is 2. The Morgan fingerprint density at radius 3 is 1.60 bits per heavy atom. The monoisotopic (exact) mass is 475 g/mol. The van der Waals surface area contributed by atoms with E-state index in [-0.39, 0.29) is 18.1 Å². The Balaban J connectivity index is 1.41. The number of hydrogen-bond acceptors (Lipinski definition) is 6. The molecular weight excluding hydrogens is 442 g/mol. The highest BCUT2D eigenvalue weighted by atomic mass is 16.7. The maximum atomic E-state index is 11.4. The minimum atomic E-state index is -0.744. The summed E-state index contributed by atoms with van der Waals surface area (Å²) in [5.41, 5.74) is 3.19. The molecule has 35 heavy (non-hydrogen) atoms. The first-order valence-electron chi connectivity index (χ1n) is 12.2. The molecule has 184 valence electrons. The fraction of sp³-hybridized carbons (Fsp3) is 0.379. The van der Waals surface area contributed by atoms with Crippen LogP contribution in [0.5, 0.6) is 0 Å². The summed E-state index contributed by atoms with van der Waals surface area (Å²) in [6.45, 7) is 1.64. The molecule has 1 saturated heterocycles. The van der Waals surface area contributed by atoms with E-state index in [0.29, 0.717) is 26.4 Å². The largest absolute Gasteiger partial charge is 0.390 e. The van der Waals surface area contributed by atoms with E-state index in [1.54, 1.807) is 0 Å². The number of benzene rings is 3. The molecule has 3 aromatic rings. The molecule has 0 bridgehead atoms. The number of aliphatic hydroxyl groups is 1. The minimum Gasteiger partial charge on any atom is -0.390 e. The third kappa shape index (κ3) is 5.64. The van der Waals surface area contributed by atoms with Gasteiger partial charge < -0.3 is 19.3 Å². The molecule has 2 fully saturated rings. The van der Waals surface area contributed by atoms with Crippen molar-refractivity contribution in [3.05, 3.63) is 108 Å². The highest BCUT2D eigenvalue weighted by Gasteiger charge is 2.56. The summed E-state index contributed by atoms with van der Waals surface area (Å²) in [6.07, 6.45) is -2.13. The van der Waals surface area contributed by atoms with Gasteiger partial charge in [0.2, 0.25) is 0 Å². The van der Waals surface area contributed by atoms with Gasteiger partial charge in [-0.1, -0.05) is 91.0 Å². The first-order chi connectivity index (χ1) is 17.2. The molecule has 5 rings (SSSR count). The van der Waals surface area contributed by atoms with Gasteiger partial charge in [0.05, 0.1) is 38.6 Å². The Morgan fingerprint density at radius 1 is 0.686 bits per heavy atom. The van der Waals surface area contributed by atoms with Crippen molar-refractivity contribution in [1.29, 1.82) is 0 Å². The molecule has 6 nitrogen and oxygen atoms in total. The van der Waals surface area contributed by atoms with Crippen LogP contribution in [0.25, 0.3) is 0 Å². The van der Waals surface area contributed by atoms with Crippen LogP contribution in [0.1, 0.15) is 16.7 Å². The summed E-state index contributed by atoms with van der Waals surface area (Å²) >= 11 is 0. The Labute approximate surface area is 207 Å². The Hall–Kier alpha value is -2.58. The molecule has 1 N–H and O–H groups in total. The van der Waals surface area contributed by atoms with Gasteiger partial charge in [0, 0.05) is 13.0 Å². The smallest absolute Gasteiger partial charge is 0.114 e. The van der Waals surface area contributed by atoms with Crippen LogP contribution in [-0.2, 0) is 38.9 Å². The molecule has 6 heteroatoms. The van der Waals surface area contributed by atoms with Crippen LogP contribution in [0.15, 0.2) is 91.0 Å². The first kappa shape index (κ1) is 24.1. The topological polar surface area (TPSA) is 60.4 Å². The summed E-state index contributed by atoms with van der Waals surface area (Å²) in [7, 11) is 1.90. The van der Waals surface area contributed by atoms with Gasteiger partial charge in [-0.3, -0.25) is 4.84 Å². The fourth-order valence-electron chi connectivity index (χ4n) is 5.10. The summed E-state index contributed by atoms with van der Waals surface area (Å²) in [4.78, 5) is 5.86. The summed E-state index contributed by atoms with van der Waals surface area (Å²) in [5.74, 6) is -0.141. The maximum Gasteiger partial charge on any atom is 0.114 e. The summed E-state index contributed by atoms with van der Waals surface area (Å²) in [5, 5.41) is 13.3. The van der Waals surface area contributed by atoms with E-state index < -0.39 is 18.3 Å². The molecule has 1 aliphatic heterocycles. The van der Waals surface area contributed by atoms with Crippen molar-refractivity contribution in [1.82, 2.24) is 5.06 Å². The van der Waals surface area contributed by atoms with E-state index in [2.05, 4.69) is 0 Å². The number of rotatable bonds is 9. The molecule has 0 spiro atoms. The van der Waals surface area contributed by atoms with Crippen molar-refractivity contribution in [3.8, 4) is 0 Å². The van der Waals surface area contributed by atoms with Gasteiger partial charge in [-0.25, -0.2) is 0 Å². The molecule has 1 heterocycles. The lowest BCUT2D eigenvalue weighted by Crippen LogP contribution is -2.64. The predicted molar refractivity (Wildman–Crippen MR) is 132 cm³/mol. The van der Waals surface area contributed by atoms with Crippen LogP contribution in [0.4, 0.5) is 0 Å². The normalized spacial score (nSPS) is 28.6. The number of aliphatic hydroxyl groups excluding tert-OH is 1. The second kappa shape index (κ2) is 11.4. The quantitative estimate of drug-likeness (QED) is 0.505. The molecule has 0 unspecified atom stereocenters. The Morgan fingerprint density at radius 2 is 1.11 bits per heavy atom. The lowest BCUT2D eigenvalue weighted by atomic mass is 9.77. The van der Waals surface area contributed by atoms with Crippen molar-refractivity contribution < 1.29 is 24.2 Å². The van der Waals surface area contributed by atoms with Crippen LogP contribution in [0, 0.1) is 5.92 Å². The zero-order chi connectivity index (χ0) is 24.0. The van der Waals surface area contributed by atoms with E-state index in [4.69, 9.17) is 19.0 Å². The highest BCUT2D eigenvalue weighted by molar-refractivity contribution is 5.16. The van der Waals surface area contributed by atoms with Gasteiger partial charge in [0.25, 0.3) is 0 Å². The van der Waals surface area contributed by atoms with E-state index >= 15 is 0 Å². The SMILES string of the molecule is CN1OC[C@H]2[C@@H](O)[C@@H](OCc3ccccc3)[C@H](OCc3ccccc3)[C@H](OCc3ccccc3)[C@H]21. The lowest BCUT2D eigenvalue weighted by molar-refractivity contribution is -0.237. The molecule has 6 atom stereocenters. The van der Waals surface area contributed by atoms with Gasteiger partial charge >= 0.3 is 0 Å². The third-order valence-electron chi connectivity index (χ3n) is 6.94. The van der Waals surface area contributed by atoms with E-state index in [1.807, 2.05) is 103 Å². The van der Waals surface area contributed by atoms with Crippen molar-refractivity contribution in [2.75, 3.05) is 13.7 Å². The third-order valence-corrected chi connectivity index (χ3v) is 6.94. The van der Waals surface area contributed by atoms with Gasteiger partial charge in [-0.15, -0.1) is 0 Å². The molecule has 0 amide bonds. The Bertz CT molecular complexity index is 1030. The number of likely N-dealkylation sites (N-methyl/N-ethyl adjacent to an activating group) is 1. The van der Waals surface area contributed by atoms with Gasteiger partial charge in [0.15, 0.2) is 0 Å². The number of hydrogen-bond donors (Lipinski definition) is 1. The summed E-state index contributed by atoms with van der Waals surface area (Å²) in [6, 6.07) is 30.0.